The zero-order valence-electron chi connectivity index (χ0n) is 32.0. The molecule has 0 amide bonds. The van der Waals surface area contributed by atoms with Crippen LogP contribution in [0.1, 0.15) is 73.3 Å². The first-order valence-electron chi connectivity index (χ1n) is 18.6. The molecule has 0 bridgehead atoms. The van der Waals surface area contributed by atoms with Gasteiger partial charge < -0.3 is 41.2 Å². The molecule has 0 spiro atoms. The molecule has 290 valence electrons. The van der Waals surface area contributed by atoms with Crippen molar-refractivity contribution in [3.63, 3.8) is 0 Å². The molecule has 0 unspecified atom stereocenters. The van der Waals surface area contributed by atoms with E-state index in [1.807, 2.05) is 87.5 Å². The first kappa shape index (κ1) is 39.6. The molecule has 55 heavy (non-hydrogen) atoms. The van der Waals surface area contributed by atoms with Gasteiger partial charge in [-0.1, -0.05) is 60.7 Å². The van der Waals surface area contributed by atoms with E-state index < -0.39 is 34.4 Å². The Hall–Kier alpha value is -5.11. The van der Waals surface area contributed by atoms with Gasteiger partial charge in [-0.3, -0.25) is 15.1 Å². The van der Waals surface area contributed by atoms with Crippen LogP contribution in [0.25, 0.3) is 10.9 Å². The van der Waals surface area contributed by atoms with Crippen molar-refractivity contribution in [1.29, 1.82) is 0 Å². The van der Waals surface area contributed by atoms with Gasteiger partial charge >= 0.3 is 0 Å². The van der Waals surface area contributed by atoms with Gasteiger partial charge in [-0.2, -0.15) is 0 Å². The lowest BCUT2D eigenvalue weighted by Gasteiger charge is -2.42. The van der Waals surface area contributed by atoms with Crippen LogP contribution >= 0.6 is 0 Å². The predicted octanol–water partition coefficient (Wildman–Crippen LogP) is 6.02. The second kappa shape index (κ2) is 16.3. The van der Waals surface area contributed by atoms with Crippen LogP contribution in [0.5, 0.6) is 11.5 Å². The Morgan fingerprint density at radius 3 is 1.76 bits per heavy atom. The van der Waals surface area contributed by atoms with Crippen LogP contribution in [0.4, 0.5) is 11.4 Å². The summed E-state index contributed by atoms with van der Waals surface area (Å²) in [7, 11) is 0. The number of nitrogen functional groups attached to an aromatic ring is 1. The van der Waals surface area contributed by atoms with E-state index in [1.165, 1.54) is 23.3 Å². The number of fused-ring (bicyclic) bond motifs is 3. The van der Waals surface area contributed by atoms with E-state index in [2.05, 4.69) is 27.8 Å². The van der Waals surface area contributed by atoms with Gasteiger partial charge in [0, 0.05) is 16.5 Å². The molecular formula is C43H51N5O7. The smallest absolute Gasteiger partial charge is 0.295 e. The number of aryl methyl sites for hydroxylation is 1. The summed E-state index contributed by atoms with van der Waals surface area (Å²) in [4.78, 5) is 15.2. The molecule has 4 atom stereocenters. The first-order valence-corrected chi connectivity index (χ1v) is 18.6. The maximum atomic E-state index is 11.1. The Kier molecular flexibility index (Phi) is 11.7. The van der Waals surface area contributed by atoms with E-state index in [-0.39, 0.29) is 24.0 Å². The van der Waals surface area contributed by atoms with Crippen molar-refractivity contribution in [3.8, 4) is 11.5 Å². The molecule has 0 radical (unpaired) electrons. The number of benzene rings is 4. The van der Waals surface area contributed by atoms with E-state index in [1.54, 1.807) is 13.8 Å². The first-order chi connectivity index (χ1) is 26.2. The Balaban J connectivity index is 0.000000188. The summed E-state index contributed by atoms with van der Waals surface area (Å²) in [6.07, 6.45) is 0.139. The maximum Gasteiger partial charge on any atom is 0.295 e. The molecule has 7 N–H and O–H groups in total. The zero-order chi connectivity index (χ0) is 39.5. The average Bonchev–Trinajstić information content (AvgIpc) is 3.15. The fourth-order valence-corrected chi connectivity index (χ4v) is 7.32. The van der Waals surface area contributed by atoms with Crippen molar-refractivity contribution in [2.45, 2.75) is 89.6 Å². The highest BCUT2D eigenvalue weighted by Crippen LogP contribution is 2.44. The molecule has 12 nitrogen and oxygen atoms in total. The molecule has 0 saturated heterocycles. The molecular weight excluding hydrogens is 699 g/mol. The van der Waals surface area contributed by atoms with Crippen LogP contribution in [0.2, 0.25) is 0 Å². The molecule has 0 aliphatic carbocycles. The molecule has 4 aromatic carbocycles. The van der Waals surface area contributed by atoms with E-state index in [4.69, 9.17) is 15.2 Å². The summed E-state index contributed by atoms with van der Waals surface area (Å²) in [6.45, 7) is 10.6. The van der Waals surface area contributed by atoms with Gasteiger partial charge in [-0.25, -0.2) is 0 Å². The lowest BCUT2D eigenvalue weighted by atomic mass is 9.85. The normalized spacial score (nSPS) is 20.6. The van der Waals surface area contributed by atoms with Crippen molar-refractivity contribution in [1.82, 2.24) is 15.6 Å². The number of nitrogens with one attached hydrogen (secondary N) is 2. The Bertz CT molecular complexity index is 2130. The van der Waals surface area contributed by atoms with Crippen molar-refractivity contribution < 1.29 is 29.7 Å². The van der Waals surface area contributed by atoms with Crippen molar-refractivity contribution >= 4 is 22.3 Å². The number of nitrogens with two attached hydrogens (primary N) is 1. The fraction of sp³-hybridized carbons (Fsp3) is 0.372. The largest absolute Gasteiger partial charge is 0.485 e. The third kappa shape index (κ3) is 8.74. The van der Waals surface area contributed by atoms with E-state index in [0.717, 1.165) is 47.2 Å². The van der Waals surface area contributed by atoms with E-state index >= 15 is 0 Å². The Labute approximate surface area is 321 Å². The number of ether oxygens (including phenoxy) is 2. The summed E-state index contributed by atoms with van der Waals surface area (Å²) < 4.78 is 12.0. The molecule has 5 aromatic rings. The average molecular weight is 750 g/mol. The van der Waals surface area contributed by atoms with Crippen LogP contribution in [0.15, 0.2) is 91.0 Å². The molecule has 3 heterocycles. The van der Waals surface area contributed by atoms with Crippen LogP contribution in [-0.2, 0) is 19.4 Å². The van der Waals surface area contributed by atoms with Gasteiger partial charge in [0.15, 0.2) is 0 Å². The molecule has 2 aliphatic rings. The van der Waals surface area contributed by atoms with Crippen molar-refractivity contribution in [2.24, 2.45) is 0 Å². The minimum Gasteiger partial charge on any atom is -0.485 e. The fourth-order valence-electron chi connectivity index (χ4n) is 7.32. The standard InChI is InChI=1S/C24H28N2O3.C19H23N3O4/c1-15-11-17(14-27)26-20-12-19-21(13-18(15)20)29-24(2,3)23(28)22(19)25-10-9-16-7-5-4-6-8-16;1-19(2)18(23)17(21-9-8-12-6-4-3-5-7-12)13-10-14(20)15(22(24)25)11-16(13)26-19/h4-8,11-13,22-23,25,27-28H,9-10,14H2,1-3H3;3-7,10-11,17-18,21,23H,8-9,20H2,1-2H3/t22-,23+;17-,18+/m00/s1. The lowest BCUT2D eigenvalue weighted by Crippen LogP contribution is -2.52. The maximum absolute atomic E-state index is 11.1. The minimum atomic E-state index is -0.888. The summed E-state index contributed by atoms with van der Waals surface area (Å²) >= 11 is 0. The SMILES string of the molecule is CC1(C)Oc2cc([N+](=O)[O-])c(N)cc2[C@H](NCCc2ccccc2)[C@H]1O.Cc1cc(CO)nc2cc3c(cc12)OC(C)(C)[C@H](O)[C@H]3NCCc1ccccc1. The van der Waals surface area contributed by atoms with Crippen LogP contribution < -0.4 is 25.8 Å². The number of anilines is 1. The molecule has 12 heteroatoms. The number of pyridine rings is 1. The second-order valence-electron chi connectivity index (χ2n) is 15.3. The summed E-state index contributed by atoms with van der Waals surface area (Å²) in [5, 5.41) is 50.3. The number of aliphatic hydroxyl groups excluding tert-OH is 3. The summed E-state index contributed by atoms with van der Waals surface area (Å²) in [6, 6.07) is 28.4. The second-order valence-corrected chi connectivity index (χ2v) is 15.3. The monoisotopic (exact) mass is 749 g/mol. The van der Waals surface area contributed by atoms with Crippen molar-refractivity contribution in [3.05, 3.63) is 135 Å². The molecule has 7 rings (SSSR count). The third-order valence-electron chi connectivity index (χ3n) is 10.4. The lowest BCUT2D eigenvalue weighted by molar-refractivity contribution is -0.384. The van der Waals surface area contributed by atoms with Gasteiger partial charge in [0.25, 0.3) is 5.69 Å². The van der Waals surface area contributed by atoms with Gasteiger partial charge in [0.1, 0.15) is 40.6 Å². The molecule has 0 fully saturated rings. The number of aliphatic hydroxyl groups is 3. The van der Waals surface area contributed by atoms with Crippen LogP contribution in [0, 0.1) is 17.0 Å². The number of rotatable bonds is 10. The number of nitro groups is 1. The van der Waals surface area contributed by atoms with Crippen molar-refractivity contribution in [2.75, 3.05) is 18.8 Å². The highest BCUT2D eigenvalue weighted by Gasteiger charge is 2.44. The summed E-state index contributed by atoms with van der Waals surface area (Å²) in [5.41, 5.74) is 10.6. The van der Waals surface area contributed by atoms with Crippen LogP contribution in [-0.4, -0.2) is 61.7 Å². The Morgan fingerprint density at radius 1 is 0.782 bits per heavy atom. The number of nitrogens with zero attached hydrogens (tertiary/aromatic N) is 2. The van der Waals surface area contributed by atoms with E-state index in [0.29, 0.717) is 23.6 Å². The quantitative estimate of drug-likeness (QED) is 0.0557. The summed E-state index contributed by atoms with van der Waals surface area (Å²) in [5.74, 6) is 1.14. The number of aromatic nitrogens is 1. The van der Waals surface area contributed by atoms with Gasteiger partial charge in [-0.05, 0) is 102 Å². The number of nitro benzene ring substituents is 1. The number of hydrogen-bond acceptors (Lipinski definition) is 11. The van der Waals surface area contributed by atoms with E-state index in [9.17, 15) is 25.4 Å². The minimum absolute atomic E-state index is 0.0547. The van der Waals surface area contributed by atoms with Crippen LogP contribution in [0.3, 0.4) is 0 Å². The zero-order valence-corrected chi connectivity index (χ0v) is 32.0. The highest BCUT2D eigenvalue weighted by molar-refractivity contribution is 5.85. The number of hydrogen-bond donors (Lipinski definition) is 6. The third-order valence-corrected chi connectivity index (χ3v) is 10.4. The molecule has 2 aliphatic heterocycles. The van der Waals surface area contributed by atoms with Gasteiger partial charge in [0.2, 0.25) is 0 Å². The highest BCUT2D eigenvalue weighted by atomic mass is 16.6. The topological polar surface area (TPSA) is 185 Å². The molecule has 1 aromatic heterocycles. The Morgan fingerprint density at radius 2 is 1.27 bits per heavy atom. The predicted molar refractivity (Wildman–Crippen MR) is 213 cm³/mol. The molecule has 0 saturated carbocycles. The van der Waals surface area contributed by atoms with Gasteiger partial charge in [0.05, 0.1) is 40.9 Å². The van der Waals surface area contributed by atoms with Gasteiger partial charge in [-0.15, -0.1) is 0 Å².